The van der Waals surface area contributed by atoms with Gasteiger partial charge in [0.15, 0.2) is 23.0 Å². The molecule has 4 aromatic rings. The van der Waals surface area contributed by atoms with Crippen LogP contribution in [0.5, 0.6) is 11.5 Å². The van der Waals surface area contributed by atoms with Crippen molar-refractivity contribution in [1.29, 1.82) is 0 Å². The SMILES string of the molecule is COc1ccc(C2C(C(=O)c3cc4ccccc4o3)=C(O)C(=O)N2Cc2cccs2)cc1OC. The lowest BCUT2D eigenvalue weighted by atomic mass is 9.94. The van der Waals surface area contributed by atoms with Crippen LogP contribution in [0.2, 0.25) is 0 Å². The van der Waals surface area contributed by atoms with Gasteiger partial charge < -0.3 is 23.9 Å². The predicted octanol–water partition coefficient (Wildman–Crippen LogP) is 5.29. The number of fused-ring (bicyclic) bond motifs is 1. The average Bonchev–Trinajstić information content (AvgIpc) is 3.58. The third kappa shape index (κ3) is 3.62. The number of methoxy groups -OCH3 is 2. The number of aliphatic hydroxyl groups excluding tert-OH is 1. The number of amides is 1. The summed E-state index contributed by atoms with van der Waals surface area (Å²) < 4.78 is 16.5. The van der Waals surface area contributed by atoms with Crippen molar-refractivity contribution >= 4 is 34.0 Å². The van der Waals surface area contributed by atoms with E-state index < -0.39 is 23.5 Å². The molecule has 2 aromatic carbocycles. The lowest BCUT2D eigenvalue weighted by Crippen LogP contribution is -2.30. The summed E-state index contributed by atoms with van der Waals surface area (Å²) in [4.78, 5) is 29.2. The van der Waals surface area contributed by atoms with Crippen LogP contribution in [0, 0.1) is 0 Å². The molecular formula is C26H21NO6S. The van der Waals surface area contributed by atoms with Crippen molar-refractivity contribution in [2.24, 2.45) is 0 Å². The number of hydrogen-bond acceptors (Lipinski definition) is 7. The van der Waals surface area contributed by atoms with Crippen LogP contribution in [0.4, 0.5) is 0 Å². The Labute approximate surface area is 199 Å². The Balaban J connectivity index is 1.63. The van der Waals surface area contributed by atoms with E-state index in [1.54, 1.807) is 30.3 Å². The van der Waals surface area contributed by atoms with Gasteiger partial charge in [-0.05, 0) is 41.3 Å². The largest absolute Gasteiger partial charge is 0.503 e. The number of Topliss-reactive ketones (excluding diaryl/α,β-unsaturated/α-hetero) is 1. The molecule has 8 heteroatoms. The summed E-state index contributed by atoms with van der Waals surface area (Å²) in [5, 5.41) is 13.6. The van der Waals surface area contributed by atoms with Crippen molar-refractivity contribution in [3.05, 3.63) is 93.6 Å². The molecule has 3 heterocycles. The lowest BCUT2D eigenvalue weighted by molar-refractivity contribution is -0.130. The Hall–Kier alpha value is -4.04. The number of benzene rings is 2. The van der Waals surface area contributed by atoms with Crippen molar-refractivity contribution in [1.82, 2.24) is 4.90 Å². The number of thiophene rings is 1. The van der Waals surface area contributed by atoms with Crippen LogP contribution < -0.4 is 9.47 Å². The van der Waals surface area contributed by atoms with Crippen LogP contribution >= 0.6 is 11.3 Å². The number of aliphatic hydroxyl groups is 1. The maximum Gasteiger partial charge on any atom is 0.290 e. The molecule has 7 nitrogen and oxygen atoms in total. The highest BCUT2D eigenvalue weighted by Crippen LogP contribution is 2.43. The summed E-state index contributed by atoms with van der Waals surface area (Å²) in [6.45, 7) is 0.233. The van der Waals surface area contributed by atoms with E-state index in [4.69, 9.17) is 13.9 Å². The third-order valence-corrected chi connectivity index (χ3v) is 6.69. The van der Waals surface area contributed by atoms with Gasteiger partial charge in [0.1, 0.15) is 5.58 Å². The number of para-hydroxylation sites is 1. The van der Waals surface area contributed by atoms with Crippen LogP contribution in [0.1, 0.15) is 27.0 Å². The van der Waals surface area contributed by atoms with E-state index >= 15 is 0 Å². The molecule has 0 saturated carbocycles. The lowest BCUT2D eigenvalue weighted by Gasteiger charge is -2.26. The highest BCUT2D eigenvalue weighted by atomic mass is 32.1. The summed E-state index contributed by atoms with van der Waals surface area (Å²) >= 11 is 1.49. The monoisotopic (exact) mass is 475 g/mol. The number of carbonyl (C=O) groups excluding carboxylic acids is 2. The van der Waals surface area contributed by atoms with Gasteiger partial charge in [0.05, 0.1) is 32.4 Å². The summed E-state index contributed by atoms with van der Waals surface area (Å²) in [5.41, 5.74) is 1.12. The standard InChI is InChI=1S/C26H21NO6S/c1-31-19-10-9-16(13-20(19)32-2)23-22(24(28)21-12-15-6-3-4-8-18(15)33-21)25(29)26(30)27(23)14-17-7-5-11-34-17/h3-13,23,29H,14H2,1-2H3. The molecule has 0 spiro atoms. The molecule has 5 rings (SSSR count). The van der Waals surface area contributed by atoms with Gasteiger partial charge >= 0.3 is 0 Å². The molecule has 2 aromatic heterocycles. The summed E-state index contributed by atoms with van der Waals surface area (Å²) in [6.07, 6.45) is 0. The first-order chi connectivity index (χ1) is 16.5. The van der Waals surface area contributed by atoms with Crippen LogP contribution in [0.15, 0.2) is 81.8 Å². The second-order valence-electron chi connectivity index (χ2n) is 7.77. The van der Waals surface area contributed by atoms with E-state index in [9.17, 15) is 14.7 Å². The van der Waals surface area contributed by atoms with Crippen LogP contribution in [0.25, 0.3) is 11.0 Å². The minimum atomic E-state index is -0.838. The van der Waals surface area contributed by atoms with Gasteiger partial charge in [-0.1, -0.05) is 30.3 Å². The number of nitrogens with zero attached hydrogens (tertiary/aromatic N) is 1. The zero-order valence-corrected chi connectivity index (χ0v) is 19.3. The molecule has 0 fully saturated rings. The van der Waals surface area contributed by atoms with Crippen LogP contribution in [-0.2, 0) is 11.3 Å². The van der Waals surface area contributed by atoms with Gasteiger partial charge in [0, 0.05) is 10.3 Å². The molecule has 1 N–H and O–H groups in total. The summed E-state index contributed by atoms with van der Waals surface area (Å²) in [7, 11) is 3.04. The molecule has 0 saturated heterocycles. The van der Waals surface area contributed by atoms with Gasteiger partial charge in [-0.3, -0.25) is 9.59 Å². The minimum Gasteiger partial charge on any atom is -0.503 e. The zero-order chi connectivity index (χ0) is 23.8. The molecule has 1 aliphatic rings. The smallest absolute Gasteiger partial charge is 0.290 e. The maximum absolute atomic E-state index is 13.6. The molecule has 1 aliphatic heterocycles. The number of ether oxygens (including phenoxy) is 2. The van der Waals surface area contributed by atoms with Gasteiger partial charge in [-0.15, -0.1) is 11.3 Å². The second-order valence-corrected chi connectivity index (χ2v) is 8.80. The number of ketones is 1. The van der Waals surface area contributed by atoms with Crippen molar-refractivity contribution in [3.8, 4) is 11.5 Å². The zero-order valence-electron chi connectivity index (χ0n) is 18.5. The van der Waals surface area contributed by atoms with Crippen LogP contribution in [0.3, 0.4) is 0 Å². The fraction of sp³-hybridized carbons (Fsp3) is 0.154. The quantitative estimate of drug-likeness (QED) is 0.365. The molecule has 0 radical (unpaired) electrons. The Morgan fingerprint density at radius 3 is 2.56 bits per heavy atom. The molecular weight excluding hydrogens is 454 g/mol. The molecule has 34 heavy (non-hydrogen) atoms. The molecule has 1 unspecified atom stereocenters. The first kappa shape index (κ1) is 21.8. The van der Waals surface area contributed by atoms with Crippen molar-refractivity contribution < 1.29 is 28.6 Å². The van der Waals surface area contributed by atoms with Gasteiger partial charge in [-0.2, -0.15) is 0 Å². The average molecular weight is 476 g/mol. The maximum atomic E-state index is 13.6. The van der Waals surface area contributed by atoms with Gasteiger partial charge in [-0.25, -0.2) is 0 Å². The number of furan rings is 1. The fourth-order valence-electron chi connectivity index (χ4n) is 4.22. The second kappa shape index (κ2) is 8.72. The molecule has 0 bridgehead atoms. The van der Waals surface area contributed by atoms with Crippen molar-refractivity contribution in [2.75, 3.05) is 14.2 Å². The van der Waals surface area contributed by atoms with Gasteiger partial charge in [0.25, 0.3) is 5.91 Å². The van der Waals surface area contributed by atoms with Crippen LogP contribution in [-0.4, -0.2) is 35.9 Å². The van der Waals surface area contributed by atoms with Gasteiger partial charge in [0.2, 0.25) is 5.78 Å². The number of carbonyl (C=O) groups is 2. The Bertz CT molecular complexity index is 1390. The summed E-state index contributed by atoms with van der Waals surface area (Å²) in [5.74, 6) is -0.729. The van der Waals surface area contributed by atoms with E-state index in [0.717, 1.165) is 10.3 Å². The molecule has 1 atom stereocenters. The first-order valence-electron chi connectivity index (χ1n) is 10.5. The molecule has 0 aliphatic carbocycles. The third-order valence-electron chi connectivity index (χ3n) is 5.83. The topological polar surface area (TPSA) is 89.2 Å². The highest BCUT2D eigenvalue weighted by Gasteiger charge is 2.45. The Kier molecular flexibility index (Phi) is 5.59. The summed E-state index contributed by atoms with van der Waals surface area (Å²) in [6, 6.07) is 17.0. The van der Waals surface area contributed by atoms with E-state index in [2.05, 4.69) is 0 Å². The number of hydrogen-bond donors (Lipinski definition) is 1. The molecule has 1 amide bonds. The van der Waals surface area contributed by atoms with E-state index in [1.165, 1.54) is 30.5 Å². The minimum absolute atomic E-state index is 0.0344. The Morgan fingerprint density at radius 1 is 1.06 bits per heavy atom. The predicted molar refractivity (Wildman–Crippen MR) is 127 cm³/mol. The van der Waals surface area contributed by atoms with Crippen molar-refractivity contribution in [2.45, 2.75) is 12.6 Å². The Morgan fingerprint density at radius 2 is 1.85 bits per heavy atom. The van der Waals surface area contributed by atoms with E-state index in [0.29, 0.717) is 22.6 Å². The number of rotatable bonds is 7. The highest BCUT2D eigenvalue weighted by molar-refractivity contribution is 7.09. The normalized spacial score (nSPS) is 15.9. The van der Waals surface area contributed by atoms with Crippen molar-refractivity contribution in [3.63, 3.8) is 0 Å². The first-order valence-corrected chi connectivity index (χ1v) is 11.4. The molecule has 172 valence electrons. The van der Waals surface area contributed by atoms with E-state index in [-0.39, 0.29) is 17.9 Å². The van der Waals surface area contributed by atoms with E-state index in [1.807, 2.05) is 35.7 Å². The fourth-order valence-corrected chi connectivity index (χ4v) is 4.92.